The number of ether oxygens (including phenoxy) is 2. The molecule has 0 radical (unpaired) electrons. The van der Waals surface area contributed by atoms with E-state index in [1.165, 1.54) is 7.11 Å². The van der Waals surface area contributed by atoms with Gasteiger partial charge in [0, 0.05) is 6.42 Å². The lowest BCUT2D eigenvalue weighted by atomic mass is 9.76. The van der Waals surface area contributed by atoms with Crippen molar-refractivity contribution in [2.24, 2.45) is 5.41 Å². The van der Waals surface area contributed by atoms with Gasteiger partial charge in [-0.15, -0.1) is 12.3 Å². The van der Waals surface area contributed by atoms with E-state index in [9.17, 15) is 9.59 Å². The molecule has 1 saturated carbocycles. The molecular weight excluding hydrogens is 270 g/mol. The fourth-order valence-electron chi connectivity index (χ4n) is 4.23. The molecule has 112 valence electrons. The zero-order chi connectivity index (χ0) is 15.2. The lowest BCUT2D eigenvalue weighted by molar-refractivity contribution is -0.145. The molecule has 0 aromatic carbocycles. The van der Waals surface area contributed by atoms with Crippen LogP contribution in [0.2, 0.25) is 0 Å². The number of terminal acetylenes is 1. The second-order valence-electron chi connectivity index (χ2n) is 6.07. The Bertz CT molecular complexity index is 573. The van der Waals surface area contributed by atoms with Gasteiger partial charge < -0.3 is 9.47 Å². The lowest BCUT2D eigenvalue weighted by Gasteiger charge is -2.36. The van der Waals surface area contributed by atoms with Crippen molar-refractivity contribution in [2.75, 3.05) is 7.11 Å². The summed E-state index contributed by atoms with van der Waals surface area (Å²) in [5.74, 6) is 3.00. The van der Waals surface area contributed by atoms with E-state index in [2.05, 4.69) is 5.92 Å². The summed E-state index contributed by atoms with van der Waals surface area (Å²) >= 11 is 0. The van der Waals surface area contributed by atoms with Crippen molar-refractivity contribution in [3.63, 3.8) is 0 Å². The van der Waals surface area contributed by atoms with E-state index in [0.717, 1.165) is 24.8 Å². The van der Waals surface area contributed by atoms with Gasteiger partial charge in [0.1, 0.15) is 11.8 Å². The lowest BCUT2D eigenvalue weighted by Crippen LogP contribution is -2.49. The van der Waals surface area contributed by atoms with Gasteiger partial charge >= 0.3 is 12.1 Å². The number of methoxy groups -OCH3 is 1. The molecule has 1 amide bonds. The van der Waals surface area contributed by atoms with Crippen molar-refractivity contribution >= 4 is 12.1 Å². The van der Waals surface area contributed by atoms with Crippen LogP contribution >= 0.6 is 0 Å². The highest BCUT2D eigenvalue weighted by Crippen LogP contribution is 2.58. The summed E-state index contributed by atoms with van der Waals surface area (Å²) in [7, 11) is 1.35. The summed E-state index contributed by atoms with van der Waals surface area (Å²) in [5, 5.41) is 0. The standard InChI is InChI=1S/C16H19NO4/c1-4-5-7-16-8-6-11-10(2)21-15(19)17(13(11)16)12(9-16)14(18)20-3/h1,12-13H,5-9H2,2-3H3/t12-,13-,16-/m0/s1. The van der Waals surface area contributed by atoms with E-state index in [-0.39, 0.29) is 17.4 Å². The zero-order valence-corrected chi connectivity index (χ0v) is 12.3. The Labute approximate surface area is 124 Å². The van der Waals surface area contributed by atoms with E-state index in [1.54, 1.807) is 4.90 Å². The molecule has 1 saturated heterocycles. The summed E-state index contributed by atoms with van der Waals surface area (Å²) in [5.41, 5.74) is 1.03. The zero-order valence-electron chi connectivity index (χ0n) is 12.3. The van der Waals surface area contributed by atoms with Crippen molar-refractivity contribution in [1.29, 1.82) is 0 Å². The van der Waals surface area contributed by atoms with Crippen LogP contribution in [-0.4, -0.2) is 36.2 Å². The normalized spacial score (nSPS) is 33.6. The number of carbonyl (C=O) groups is 2. The molecule has 0 aromatic rings. The minimum absolute atomic E-state index is 0.0591. The predicted octanol–water partition coefficient (Wildman–Crippen LogP) is 2.22. The number of amides is 1. The SMILES string of the molecule is C#CCC[C@@]12CCC3=C(C)OC(=O)N([C@@H]31)[C@H](C(=O)OC)C2. The highest BCUT2D eigenvalue weighted by Gasteiger charge is 2.62. The molecule has 3 aliphatic rings. The monoisotopic (exact) mass is 289 g/mol. The number of hydrogen-bond acceptors (Lipinski definition) is 4. The van der Waals surface area contributed by atoms with Crippen LogP contribution < -0.4 is 0 Å². The van der Waals surface area contributed by atoms with Gasteiger partial charge in [-0.3, -0.25) is 4.90 Å². The van der Waals surface area contributed by atoms with Gasteiger partial charge in [-0.2, -0.15) is 0 Å². The third-order valence-electron chi connectivity index (χ3n) is 5.16. The van der Waals surface area contributed by atoms with Crippen molar-refractivity contribution in [3.8, 4) is 12.3 Å². The summed E-state index contributed by atoms with van der Waals surface area (Å²) in [4.78, 5) is 25.9. The summed E-state index contributed by atoms with van der Waals surface area (Å²) in [6, 6.07) is -0.620. The van der Waals surface area contributed by atoms with E-state index in [4.69, 9.17) is 15.9 Å². The molecule has 21 heavy (non-hydrogen) atoms. The number of carbonyl (C=O) groups excluding carboxylic acids is 2. The molecular formula is C16H19NO4. The molecule has 0 bridgehead atoms. The summed E-state index contributed by atoms with van der Waals surface area (Å²) in [6.45, 7) is 1.83. The van der Waals surface area contributed by atoms with Crippen molar-refractivity contribution < 1.29 is 19.1 Å². The molecule has 3 atom stereocenters. The first-order chi connectivity index (χ1) is 10.0. The van der Waals surface area contributed by atoms with Gasteiger partial charge in [0.15, 0.2) is 0 Å². The molecule has 2 aliphatic heterocycles. The van der Waals surface area contributed by atoms with E-state index < -0.39 is 12.1 Å². The number of rotatable bonds is 3. The maximum Gasteiger partial charge on any atom is 0.416 e. The minimum atomic E-state index is -0.561. The third-order valence-corrected chi connectivity index (χ3v) is 5.16. The van der Waals surface area contributed by atoms with E-state index in [0.29, 0.717) is 18.6 Å². The van der Waals surface area contributed by atoms with Gasteiger partial charge in [-0.25, -0.2) is 9.59 Å². The number of cyclic esters (lactones) is 1. The Balaban J connectivity index is 2.04. The minimum Gasteiger partial charge on any atom is -0.467 e. The Kier molecular flexibility index (Phi) is 3.20. The van der Waals surface area contributed by atoms with Crippen molar-refractivity contribution in [3.05, 3.63) is 11.3 Å². The Hall–Kier alpha value is -1.96. The van der Waals surface area contributed by atoms with Crippen molar-refractivity contribution in [2.45, 2.75) is 51.1 Å². The van der Waals surface area contributed by atoms with Crippen LogP contribution in [0, 0.1) is 17.8 Å². The summed E-state index contributed by atoms with van der Waals surface area (Å²) < 4.78 is 10.2. The van der Waals surface area contributed by atoms with Crippen LogP contribution in [0.3, 0.4) is 0 Å². The first-order valence-electron chi connectivity index (χ1n) is 7.25. The Morgan fingerprint density at radius 3 is 3.05 bits per heavy atom. The van der Waals surface area contributed by atoms with Gasteiger partial charge in [0.05, 0.1) is 13.2 Å². The molecule has 0 aromatic heterocycles. The van der Waals surface area contributed by atoms with Crippen molar-refractivity contribution in [1.82, 2.24) is 4.90 Å². The largest absolute Gasteiger partial charge is 0.467 e. The molecule has 2 fully saturated rings. The number of esters is 1. The molecule has 0 N–H and O–H groups in total. The Morgan fingerprint density at radius 1 is 1.62 bits per heavy atom. The van der Waals surface area contributed by atoms with Gasteiger partial charge in [0.25, 0.3) is 0 Å². The molecule has 5 heteroatoms. The summed E-state index contributed by atoms with van der Waals surface area (Å²) in [6.07, 6.45) is 8.90. The van der Waals surface area contributed by atoms with Crippen LogP contribution in [0.4, 0.5) is 4.79 Å². The van der Waals surface area contributed by atoms with E-state index >= 15 is 0 Å². The highest BCUT2D eigenvalue weighted by molar-refractivity contribution is 5.84. The molecule has 0 unspecified atom stereocenters. The Morgan fingerprint density at radius 2 is 2.38 bits per heavy atom. The van der Waals surface area contributed by atoms with Crippen LogP contribution in [0.5, 0.6) is 0 Å². The number of hydrogen-bond donors (Lipinski definition) is 0. The van der Waals surface area contributed by atoms with Crippen LogP contribution in [0.25, 0.3) is 0 Å². The molecule has 3 rings (SSSR count). The van der Waals surface area contributed by atoms with Crippen LogP contribution in [0.1, 0.15) is 39.0 Å². The van der Waals surface area contributed by atoms with E-state index in [1.807, 2.05) is 6.92 Å². The quantitative estimate of drug-likeness (QED) is 0.590. The first kappa shape index (κ1) is 14.0. The maximum absolute atomic E-state index is 12.3. The van der Waals surface area contributed by atoms with Gasteiger partial charge in [-0.1, -0.05) is 0 Å². The topological polar surface area (TPSA) is 55.8 Å². The number of nitrogens with zero attached hydrogens (tertiary/aromatic N) is 1. The molecule has 5 nitrogen and oxygen atoms in total. The second kappa shape index (κ2) is 4.80. The maximum atomic E-state index is 12.3. The van der Waals surface area contributed by atoms with Gasteiger partial charge in [0.2, 0.25) is 0 Å². The number of allylic oxidation sites excluding steroid dienone is 1. The smallest absolute Gasteiger partial charge is 0.416 e. The molecule has 0 spiro atoms. The molecule has 2 heterocycles. The average Bonchev–Trinajstić information content (AvgIpc) is 2.98. The fourth-order valence-corrected chi connectivity index (χ4v) is 4.23. The third kappa shape index (κ3) is 1.85. The van der Waals surface area contributed by atoms with Gasteiger partial charge in [-0.05, 0) is 43.6 Å². The molecule has 1 aliphatic carbocycles. The first-order valence-corrected chi connectivity index (χ1v) is 7.25. The van der Waals surface area contributed by atoms with Crippen LogP contribution in [-0.2, 0) is 14.3 Å². The fraction of sp³-hybridized carbons (Fsp3) is 0.625. The predicted molar refractivity (Wildman–Crippen MR) is 75.0 cm³/mol. The second-order valence-corrected chi connectivity index (χ2v) is 6.07. The highest BCUT2D eigenvalue weighted by atomic mass is 16.6. The average molecular weight is 289 g/mol. The van der Waals surface area contributed by atoms with Crippen LogP contribution in [0.15, 0.2) is 11.3 Å².